The van der Waals surface area contributed by atoms with Gasteiger partial charge < -0.3 is 9.64 Å². The van der Waals surface area contributed by atoms with Crippen molar-refractivity contribution in [3.05, 3.63) is 28.2 Å². The van der Waals surface area contributed by atoms with Gasteiger partial charge >= 0.3 is 5.97 Å². The maximum atomic E-state index is 12.1. The largest absolute Gasteiger partial charge is 0.452 e. The second-order valence-corrected chi connectivity index (χ2v) is 7.75. The van der Waals surface area contributed by atoms with Crippen LogP contribution in [0, 0.1) is 0 Å². The van der Waals surface area contributed by atoms with Gasteiger partial charge in [-0.2, -0.15) is 0 Å². The van der Waals surface area contributed by atoms with Crippen molar-refractivity contribution in [2.45, 2.75) is 17.7 Å². The highest BCUT2D eigenvalue weighted by atomic mass is 79.9. The van der Waals surface area contributed by atoms with Crippen molar-refractivity contribution >= 4 is 37.8 Å². The van der Waals surface area contributed by atoms with Gasteiger partial charge in [0.2, 0.25) is 10.0 Å². The molecule has 0 bridgehead atoms. The van der Waals surface area contributed by atoms with Gasteiger partial charge in [-0.1, -0.05) is 0 Å². The summed E-state index contributed by atoms with van der Waals surface area (Å²) in [5.74, 6) is -0.997. The van der Waals surface area contributed by atoms with Crippen LogP contribution in [0.15, 0.2) is 27.6 Å². The fourth-order valence-corrected chi connectivity index (χ4v) is 3.37. The molecule has 1 aromatic rings. The fraction of sp³-hybridized carbons (Fsp3) is 0.429. The number of benzene rings is 1. The predicted octanol–water partition coefficient (Wildman–Crippen LogP) is 1.14. The summed E-state index contributed by atoms with van der Waals surface area (Å²) in [6.07, 6.45) is 1.91. The van der Waals surface area contributed by atoms with Gasteiger partial charge in [0.05, 0.1) is 10.5 Å². The number of hydrogen-bond donors (Lipinski definition) is 1. The Morgan fingerprint density at radius 3 is 2.57 bits per heavy atom. The normalized spacial score (nSPS) is 14.8. The summed E-state index contributed by atoms with van der Waals surface area (Å²) in [5, 5.41) is 0. The molecule has 1 heterocycles. The molecule has 23 heavy (non-hydrogen) atoms. The number of nitrogens with one attached hydrogen (secondary N) is 1. The Morgan fingerprint density at radius 1 is 1.30 bits per heavy atom. The zero-order valence-corrected chi connectivity index (χ0v) is 14.9. The van der Waals surface area contributed by atoms with Gasteiger partial charge in [-0.15, -0.1) is 0 Å². The van der Waals surface area contributed by atoms with Crippen LogP contribution in [0.4, 0.5) is 0 Å². The molecule has 1 aliphatic heterocycles. The van der Waals surface area contributed by atoms with Crippen LogP contribution in [-0.4, -0.2) is 51.9 Å². The summed E-state index contributed by atoms with van der Waals surface area (Å²) in [7, 11) is -2.39. The minimum atomic E-state index is -3.67. The van der Waals surface area contributed by atoms with Crippen LogP contribution < -0.4 is 4.72 Å². The minimum absolute atomic E-state index is 0.0514. The van der Waals surface area contributed by atoms with Gasteiger partial charge in [0, 0.05) is 17.6 Å². The number of sulfonamides is 1. The number of carbonyl (C=O) groups excluding carboxylic acids is 2. The van der Waals surface area contributed by atoms with E-state index in [0.29, 0.717) is 17.6 Å². The molecule has 0 saturated carbocycles. The molecule has 2 rings (SSSR count). The van der Waals surface area contributed by atoms with Gasteiger partial charge in [-0.3, -0.25) is 4.79 Å². The summed E-state index contributed by atoms with van der Waals surface area (Å²) in [6.45, 7) is 1.00. The maximum Gasteiger partial charge on any atom is 0.339 e. The van der Waals surface area contributed by atoms with E-state index in [1.165, 1.54) is 25.2 Å². The van der Waals surface area contributed by atoms with Crippen molar-refractivity contribution in [1.29, 1.82) is 0 Å². The van der Waals surface area contributed by atoms with E-state index in [4.69, 9.17) is 4.74 Å². The van der Waals surface area contributed by atoms with Crippen LogP contribution >= 0.6 is 15.9 Å². The number of nitrogens with zero attached hydrogens (tertiary/aromatic N) is 1. The lowest BCUT2D eigenvalue weighted by Gasteiger charge is -2.15. The maximum absolute atomic E-state index is 12.1. The van der Waals surface area contributed by atoms with E-state index in [-0.39, 0.29) is 23.0 Å². The molecule has 1 aliphatic rings. The second-order valence-electron chi connectivity index (χ2n) is 5.01. The molecule has 0 atom stereocenters. The zero-order chi connectivity index (χ0) is 17.0. The van der Waals surface area contributed by atoms with Crippen molar-refractivity contribution < 1.29 is 22.7 Å². The second kappa shape index (κ2) is 7.41. The van der Waals surface area contributed by atoms with E-state index in [9.17, 15) is 18.0 Å². The average Bonchev–Trinajstić information content (AvgIpc) is 3.07. The van der Waals surface area contributed by atoms with Gasteiger partial charge in [0.1, 0.15) is 0 Å². The van der Waals surface area contributed by atoms with Crippen LogP contribution in [-0.2, 0) is 19.6 Å². The predicted molar refractivity (Wildman–Crippen MR) is 86.5 cm³/mol. The number of likely N-dealkylation sites (tertiary alicyclic amines) is 1. The topological polar surface area (TPSA) is 92.8 Å². The molecule has 1 N–H and O–H groups in total. The SMILES string of the molecule is CNS(=O)(=O)c1ccc(Br)c(C(=O)OCC(=O)N2CCCC2)c1. The van der Waals surface area contributed by atoms with Crippen LogP contribution in [0.5, 0.6) is 0 Å². The van der Waals surface area contributed by atoms with E-state index in [0.717, 1.165) is 12.8 Å². The number of amides is 1. The molecule has 0 aromatic heterocycles. The number of hydrogen-bond acceptors (Lipinski definition) is 5. The minimum Gasteiger partial charge on any atom is -0.452 e. The lowest BCUT2D eigenvalue weighted by molar-refractivity contribution is -0.133. The van der Waals surface area contributed by atoms with Crippen LogP contribution in [0.1, 0.15) is 23.2 Å². The molecule has 0 radical (unpaired) electrons. The number of carbonyl (C=O) groups is 2. The first-order valence-electron chi connectivity index (χ1n) is 7.03. The molecule has 1 saturated heterocycles. The molecule has 1 aromatic carbocycles. The Bertz CT molecular complexity index is 714. The lowest BCUT2D eigenvalue weighted by atomic mass is 10.2. The molecule has 9 heteroatoms. The molecule has 1 fully saturated rings. The smallest absolute Gasteiger partial charge is 0.339 e. The van der Waals surface area contributed by atoms with E-state index >= 15 is 0 Å². The van der Waals surface area contributed by atoms with E-state index in [1.807, 2.05) is 0 Å². The van der Waals surface area contributed by atoms with Crippen molar-refractivity contribution in [3.63, 3.8) is 0 Å². The molecule has 0 unspecified atom stereocenters. The number of esters is 1. The molecular weight excluding hydrogens is 388 g/mol. The van der Waals surface area contributed by atoms with Crippen LogP contribution in [0.3, 0.4) is 0 Å². The van der Waals surface area contributed by atoms with E-state index < -0.39 is 16.0 Å². The van der Waals surface area contributed by atoms with Crippen LogP contribution in [0.2, 0.25) is 0 Å². The van der Waals surface area contributed by atoms with Crippen LogP contribution in [0.25, 0.3) is 0 Å². The van der Waals surface area contributed by atoms with Crippen molar-refractivity contribution in [3.8, 4) is 0 Å². The number of ether oxygens (including phenoxy) is 1. The lowest BCUT2D eigenvalue weighted by Crippen LogP contribution is -2.32. The zero-order valence-electron chi connectivity index (χ0n) is 12.5. The highest BCUT2D eigenvalue weighted by Gasteiger charge is 2.22. The van der Waals surface area contributed by atoms with Crippen molar-refractivity contribution in [2.24, 2.45) is 0 Å². The Kier molecular flexibility index (Phi) is 5.77. The molecule has 126 valence electrons. The Morgan fingerprint density at radius 2 is 1.96 bits per heavy atom. The highest BCUT2D eigenvalue weighted by molar-refractivity contribution is 9.10. The quantitative estimate of drug-likeness (QED) is 0.742. The van der Waals surface area contributed by atoms with Crippen molar-refractivity contribution in [2.75, 3.05) is 26.7 Å². The molecule has 7 nitrogen and oxygen atoms in total. The Hall–Kier alpha value is -1.45. The fourth-order valence-electron chi connectivity index (χ4n) is 2.21. The Labute approximate surface area is 143 Å². The molecule has 0 aliphatic carbocycles. The van der Waals surface area contributed by atoms with E-state index in [1.54, 1.807) is 4.90 Å². The summed E-state index contributed by atoms with van der Waals surface area (Å²) >= 11 is 3.18. The van der Waals surface area contributed by atoms with Crippen molar-refractivity contribution in [1.82, 2.24) is 9.62 Å². The highest BCUT2D eigenvalue weighted by Crippen LogP contribution is 2.22. The van der Waals surface area contributed by atoms with Gasteiger partial charge in [-0.05, 0) is 54.0 Å². The molecular formula is C14H17BrN2O5S. The first-order chi connectivity index (χ1) is 10.8. The first kappa shape index (κ1) is 17.9. The number of halogens is 1. The third-order valence-electron chi connectivity index (χ3n) is 3.52. The van der Waals surface area contributed by atoms with Gasteiger partial charge in [0.15, 0.2) is 6.61 Å². The standard InChI is InChI=1S/C14H17BrN2O5S/c1-16-23(20,21)10-4-5-12(15)11(8-10)14(19)22-9-13(18)17-6-2-3-7-17/h4-5,8,16H,2-3,6-7,9H2,1H3. The Balaban J connectivity index is 2.09. The molecule has 1 amide bonds. The number of rotatable bonds is 5. The molecule has 0 spiro atoms. The summed E-state index contributed by atoms with van der Waals surface area (Å²) in [5.41, 5.74) is 0.0514. The monoisotopic (exact) mass is 404 g/mol. The third kappa shape index (κ3) is 4.30. The summed E-state index contributed by atoms with van der Waals surface area (Å²) in [6, 6.07) is 4.02. The summed E-state index contributed by atoms with van der Waals surface area (Å²) in [4.78, 5) is 25.6. The summed E-state index contributed by atoms with van der Waals surface area (Å²) < 4.78 is 31.2. The average molecular weight is 405 g/mol. The van der Waals surface area contributed by atoms with Gasteiger partial charge in [0.25, 0.3) is 5.91 Å². The first-order valence-corrected chi connectivity index (χ1v) is 9.31. The van der Waals surface area contributed by atoms with E-state index in [2.05, 4.69) is 20.7 Å². The van der Waals surface area contributed by atoms with Gasteiger partial charge in [-0.25, -0.2) is 17.9 Å². The third-order valence-corrected chi connectivity index (χ3v) is 5.63.